The Bertz CT molecular complexity index is 133. The Morgan fingerprint density at radius 2 is 2.40 bits per heavy atom. The summed E-state index contributed by atoms with van der Waals surface area (Å²) in [6, 6.07) is 0.537. The zero-order chi connectivity index (χ0) is 7.56. The molecule has 0 bridgehead atoms. The Balaban J connectivity index is 2.46. The average Bonchev–Trinajstić information content (AvgIpc) is 2.34. The van der Waals surface area contributed by atoms with Crippen LogP contribution in [0, 0.1) is 0 Å². The van der Waals surface area contributed by atoms with Gasteiger partial charge < -0.3 is 0 Å². The first-order valence-electron chi connectivity index (χ1n) is 4.14. The molecule has 0 aromatic rings. The lowest BCUT2D eigenvalue weighted by Crippen LogP contribution is -3.15. The number of quaternary nitrogens is 1. The molecule has 1 saturated heterocycles. The molecule has 0 aromatic heterocycles. The van der Waals surface area contributed by atoms with Crippen LogP contribution in [0.1, 0.15) is 33.1 Å². The minimum Gasteiger partial charge on any atom is -0.270 e. The molecule has 58 valence electrons. The van der Waals surface area contributed by atoms with Gasteiger partial charge in [0, 0.05) is 6.42 Å². The maximum absolute atomic E-state index is 11.1. The van der Waals surface area contributed by atoms with E-state index in [1.165, 1.54) is 4.90 Å². The van der Waals surface area contributed by atoms with Gasteiger partial charge in [-0.2, -0.15) is 0 Å². The largest absolute Gasteiger partial charge is 0.312 e. The molecular formula is C8H16NO+. The zero-order valence-corrected chi connectivity index (χ0v) is 6.81. The summed E-state index contributed by atoms with van der Waals surface area (Å²) in [6.45, 7) is 5.36. The van der Waals surface area contributed by atoms with E-state index in [1.807, 2.05) is 0 Å². The smallest absolute Gasteiger partial charge is 0.270 e. The first-order valence-corrected chi connectivity index (χ1v) is 4.14. The molecule has 1 N–H and O–H groups in total. The van der Waals surface area contributed by atoms with Gasteiger partial charge in [0.05, 0.1) is 19.0 Å². The van der Waals surface area contributed by atoms with E-state index in [0.717, 1.165) is 25.8 Å². The number of carbonyl (C=O) groups is 1. The standard InChI is InChI=1S/C8H15NO/c1-3-7(2)9-6-4-5-8(9)10/h7H,3-6H2,1-2H3/p+1. The second kappa shape index (κ2) is 3.15. The van der Waals surface area contributed by atoms with Gasteiger partial charge in [0.2, 0.25) is 0 Å². The molecule has 1 aliphatic heterocycles. The van der Waals surface area contributed by atoms with Gasteiger partial charge in [0.25, 0.3) is 0 Å². The van der Waals surface area contributed by atoms with Crippen molar-refractivity contribution in [3.8, 4) is 0 Å². The number of carbonyl (C=O) groups excluding carboxylic acids is 1. The molecule has 1 amide bonds. The van der Waals surface area contributed by atoms with Gasteiger partial charge in [-0.3, -0.25) is 4.90 Å². The van der Waals surface area contributed by atoms with E-state index in [2.05, 4.69) is 13.8 Å². The molecule has 0 aromatic carbocycles. The van der Waals surface area contributed by atoms with Crippen LogP contribution in [0.4, 0.5) is 0 Å². The fourth-order valence-electron chi connectivity index (χ4n) is 1.51. The molecule has 0 aliphatic carbocycles. The number of amides is 1. The van der Waals surface area contributed by atoms with Crippen molar-refractivity contribution in [2.24, 2.45) is 0 Å². The molecule has 0 radical (unpaired) electrons. The fourth-order valence-corrected chi connectivity index (χ4v) is 1.51. The summed E-state index contributed by atoms with van der Waals surface area (Å²) in [5.74, 6) is 0.425. The van der Waals surface area contributed by atoms with Crippen molar-refractivity contribution in [1.82, 2.24) is 0 Å². The average molecular weight is 142 g/mol. The van der Waals surface area contributed by atoms with Crippen LogP contribution in [0.25, 0.3) is 0 Å². The Morgan fingerprint density at radius 3 is 2.80 bits per heavy atom. The van der Waals surface area contributed by atoms with Crippen LogP contribution in [0.5, 0.6) is 0 Å². The Labute approximate surface area is 62.2 Å². The van der Waals surface area contributed by atoms with Gasteiger partial charge in [0.15, 0.2) is 0 Å². The highest BCUT2D eigenvalue weighted by atomic mass is 16.2. The zero-order valence-electron chi connectivity index (χ0n) is 6.81. The molecule has 1 heterocycles. The molecule has 0 spiro atoms. The van der Waals surface area contributed by atoms with Gasteiger partial charge in [-0.1, -0.05) is 6.92 Å². The topological polar surface area (TPSA) is 21.5 Å². The van der Waals surface area contributed by atoms with Gasteiger partial charge in [0.1, 0.15) is 0 Å². The molecule has 2 heteroatoms. The molecule has 1 fully saturated rings. The van der Waals surface area contributed by atoms with E-state index in [-0.39, 0.29) is 0 Å². The summed E-state index contributed by atoms with van der Waals surface area (Å²) >= 11 is 0. The minimum absolute atomic E-state index is 0.425. The van der Waals surface area contributed by atoms with Crippen LogP contribution < -0.4 is 4.90 Å². The SMILES string of the molecule is CCC(C)[NH+]1CCCC1=O. The predicted molar refractivity (Wildman–Crippen MR) is 39.8 cm³/mol. The highest BCUT2D eigenvalue weighted by molar-refractivity contribution is 5.68. The second-order valence-electron chi connectivity index (χ2n) is 3.11. The van der Waals surface area contributed by atoms with Crippen molar-refractivity contribution < 1.29 is 9.69 Å². The minimum atomic E-state index is 0.425. The number of hydrogen-bond acceptors (Lipinski definition) is 1. The van der Waals surface area contributed by atoms with E-state index < -0.39 is 0 Å². The third kappa shape index (κ3) is 1.37. The Hall–Kier alpha value is -0.370. The number of nitrogens with one attached hydrogen (secondary N) is 1. The predicted octanol–water partition coefficient (Wildman–Crippen LogP) is -0.00980. The third-order valence-corrected chi connectivity index (χ3v) is 2.42. The second-order valence-corrected chi connectivity index (χ2v) is 3.11. The molecule has 2 atom stereocenters. The van der Waals surface area contributed by atoms with Crippen LogP contribution in [-0.2, 0) is 4.79 Å². The van der Waals surface area contributed by atoms with Crippen LogP contribution in [-0.4, -0.2) is 18.5 Å². The Morgan fingerprint density at radius 1 is 1.70 bits per heavy atom. The molecule has 1 aliphatic rings. The maximum atomic E-state index is 11.1. The van der Waals surface area contributed by atoms with Gasteiger partial charge in [-0.15, -0.1) is 0 Å². The number of likely N-dealkylation sites (tertiary alicyclic amines) is 1. The van der Waals surface area contributed by atoms with Crippen molar-refractivity contribution in [3.05, 3.63) is 0 Å². The number of rotatable bonds is 2. The van der Waals surface area contributed by atoms with Gasteiger partial charge in [-0.25, -0.2) is 4.79 Å². The van der Waals surface area contributed by atoms with Crippen molar-refractivity contribution in [2.75, 3.05) is 6.54 Å². The number of hydrogen-bond donors (Lipinski definition) is 1. The van der Waals surface area contributed by atoms with E-state index in [0.29, 0.717) is 11.9 Å². The first-order chi connectivity index (χ1) is 4.75. The summed E-state index contributed by atoms with van der Waals surface area (Å²) in [5.41, 5.74) is 0. The lowest BCUT2D eigenvalue weighted by atomic mass is 10.2. The van der Waals surface area contributed by atoms with Crippen LogP contribution in [0.15, 0.2) is 0 Å². The van der Waals surface area contributed by atoms with Crippen molar-refractivity contribution in [3.63, 3.8) is 0 Å². The van der Waals surface area contributed by atoms with E-state index >= 15 is 0 Å². The highest BCUT2D eigenvalue weighted by Gasteiger charge is 2.29. The quantitative estimate of drug-likeness (QED) is 0.575. The Kier molecular flexibility index (Phi) is 2.44. The van der Waals surface area contributed by atoms with Crippen molar-refractivity contribution in [2.45, 2.75) is 39.2 Å². The molecule has 1 rings (SSSR count). The lowest BCUT2D eigenvalue weighted by Gasteiger charge is -2.16. The summed E-state index contributed by atoms with van der Waals surface area (Å²) < 4.78 is 0. The summed E-state index contributed by atoms with van der Waals surface area (Å²) in [7, 11) is 0. The highest BCUT2D eigenvalue weighted by Crippen LogP contribution is 1.94. The summed E-state index contributed by atoms with van der Waals surface area (Å²) in [5, 5.41) is 0. The molecular weight excluding hydrogens is 126 g/mol. The van der Waals surface area contributed by atoms with Gasteiger partial charge in [-0.05, 0) is 13.3 Å². The molecule has 2 unspecified atom stereocenters. The molecule has 10 heavy (non-hydrogen) atoms. The fraction of sp³-hybridized carbons (Fsp3) is 0.875. The maximum Gasteiger partial charge on any atom is 0.312 e. The lowest BCUT2D eigenvalue weighted by molar-refractivity contribution is -0.837. The normalized spacial score (nSPS) is 29.0. The van der Waals surface area contributed by atoms with Crippen LogP contribution in [0.2, 0.25) is 0 Å². The van der Waals surface area contributed by atoms with Crippen molar-refractivity contribution in [1.29, 1.82) is 0 Å². The van der Waals surface area contributed by atoms with Crippen LogP contribution >= 0.6 is 0 Å². The van der Waals surface area contributed by atoms with Crippen LogP contribution in [0.3, 0.4) is 0 Å². The van der Waals surface area contributed by atoms with Gasteiger partial charge >= 0.3 is 5.91 Å². The van der Waals surface area contributed by atoms with E-state index in [4.69, 9.17) is 0 Å². The van der Waals surface area contributed by atoms with Crippen molar-refractivity contribution >= 4 is 5.91 Å². The van der Waals surface area contributed by atoms with E-state index in [1.54, 1.807) is 0 Å². The monoisotopic (exact) mass is 142 g/mol. The molecule has 2 nitrogen and oxygen atoms in total. The molecule has 0 saturated carbocycles. The summed E-state index contributed by atoms with van der Waals surface area (Å²) in [4.78, 5) is 12.3. The summed E-state index contributed by atoms with van der Waals surface area (Å²) in [6.07, 6.45) is 3.01. The van der Waals surface area contributed by atoms with E-state index in [9.17, 15) is 4.79 Å². The third-order valence-electron chi connectivity index (χ3n) is 2.42. The first kappa shape index (κ1) is 7.73.